The topological polar surface area (TPSA) is 69.5 Å². The van der Waals surface area contributed by atoms with Gasteiger partial charge in [0, 0.05) is 17.5 Å². The molecule has 5 rings (SSSR count). The van der Waals surface area contributed by atoms with Gasteiger partial charge < -0.3 is 10.0 Å². The fraction of sp³-hybridized carbons (Fsp3) is 0.200. The Morgan fingerprint density at radius 1 is 0.871 bits per heavy atom. The molecule has 6 heteroatoms. The molecule has 0 bridgehead atoms. The van der Waals surface area contributed by atoms with Crippen LogP contribution >= 0.6 is 0 Å². The summed E-state index contributed by atoms with van der Waals surface area (Å²) in [6.07, 6.45) is 0. The Morgan fingerprint density at radius 3 is 2.32 bits per heavy atom. The lowest BCUT2D eigenvalue weighted by atomic mass is 10.1. The van der Waals surface area contributed by atoms with E-state index in [0.717, 1.165) is 28.0 Å². The number of rotatable bonds is 3. The molecule has 0 radical (unpaired) electrons. The van der Waals surface area contributed by atoms with E-state index < -0.39 is 0 Å². The highest BCUT2D eigenvalue weighted by Crippen LogP contribution is 2.33. The fourth-order valence-electron chi connectivity index (χ4n) is 4.22. The van der Waals surface area contributed by atoms with E-state index in [0.29, 0.717) is 37.6 Å². The van der Waals surface area contributed by atoms with E-state index in [-0.39, 0.29) is 10.4 Å². The van der Waals surface area contributed by atoms with Gasteiger partial charge in [0.25, 0.3) is 0 Å². The van der Waals surface area contributed by atoms with E-state index in [4.69, 9.17) is 9.97 Å². The van der Waals surface area contributed by atoms with Crippen LogP contribution in [0.1, 0.15) is 5.56 Å². The number of hydrogen-bond donors (Lipinski definition) is 2. The molecule has 0 saturated carbocycles. The largest absolute Gasteiger partial charge is 0.507 e. The zero-order chi connectivity index (χ0) is 21.4. The summed E-state index contributed by atoms with van der Waals surface area (Å²) < 4.78 is -0.0776. The molecule has 1 aliphatic heterocycles. The van der Waals surface area contributed by atoms with Crippen molar-refractivity contribution in [3.8, 4) is 17.1 Å². The predicted molar refractivity (Wildman–Crippen MR) is 123 cm³/mol. The van der Waals surface area contributed by atoms with Crippen molar-refractivity contribution in [2.24, 2.45) is 0 Å². The van der Waals surface area contributed by atoms with Gasteiger partial charge in [-0.25, -0.2) is 15.2 Å². The van der Waals surface area contributed by atoms with E-state index in [1.807, 2.05) is 55.5 Å². The number of aromatic hydroxyl groups is 1. The van der Waals surface area contributed by atoms with Crippen molar-refractivity contribution in [2.45, 2.75) is 6.92 Å². The van der Waals surface area contributed by atoms with Gasteiger partial charge in [-0.3, -0.25) is 0 Å². The number of nitrogens with zero attached hydrogens (tertiary/aromatic N) is 4. The molecule has 0 atom stereocenters. The number of aryl methyl sites for hydroxylation is 1. The Bertz CT molecular complexity index is 1230. The minimum absolute atomic E-state index is 0.0776. The maximum atomic E-state index is 11.2. The Balaban J connectivity index is 1.55. The van der Waals surface area contributed by atoms with Crippen LogP contribution in [0, 0.1) is 6.92 Å². The van der Waals surface area contributed by atoms with Gasteiger partial charge in [-0.2, -0.15) is 0 Å². The molecule has 4 aromatic rings. The van der Waals surface area contributed by atoms with Gasteiger partial charge in [-0.15, -0.1) is 4.65 Å². The molecule has 156 valence electrons. The number of quaternary nitrogens is 1. The summed E-state index contributed by atoms with van der Waals surface area (Å²) in [4.78, 5) is 11.8. The van der Waals surface area contributed by atoms with Crippen LogP contribution in [-0.4, -0.2) is 46.5 Å². The second-order valence-corrected chi connectivity index (χ2v) is 8.10. The summed E-state index contributed by atoms with van der Waals surface area (Å²) >= 11 is 0. The first-order chi connectivity index (χ1) is 15.0. The van der Waals surface area contributed by atoms with Crippen LogP contribution in [0.25, 0.3) is 22.3 Å². The minimum Gasteiger partial charge on any atom is -0.507 e. The van der Waals surface area contributed by atoms with Crippen molar-refractivity contribution in [3.63, 3.8) is 0 Å². The number of phenolic OH excluding ortho intramolecular Hbond substituents is 1. The zero-order valence-corrected chi connectivity index (χ0v) is 17.4. The standard InChI is InChI=1S/C25H24N4O2/c1-18-11-12-20-22(17-18)26-24(21-9-5-6-10-23(21)30)27-25(20)28-13-15-29(31,16-14-28)19-7-3-2-4-8-19/h2-12,17,31H,13-16H2,1H3/p+1. The number of aromatic nitrogens is 2. The number of benzene rings is 3. The highest BCUT2D eigenvalue weighted by atomic mass is 16.5. The molecule has 0 spiro atoms. The normalized spacial score (nSPS) is 15.9. The van der Waals surface area contributed by atoms with Gasteiger partial charge >= 0.3 is 0 Å². The Labute approximate surface area is 181 Å². The van der Waals surface area contributed by atoms with Gasteiger partial charge in [-0.05, 0) is 36.8 Å². The van der Waals surface area contributed by atoms with Crippen molar-refractivity contribution in [2.75, 3.05) is 31.1 Å². The number of piperazine rings is 1. The number of hydrogen-bond acceptors (Lipinski definition) is 5. The third kappa shape index (κ3) is 3.60. The molecule has 3 aromatic carbocycles. The van der Waals surface area contributed by atoms with E-state index in [2.05, 4.69) is 17.0 Å². The quantitative estimate of drug-likeness (QED) is 0.483. The van der Waals surface area contributed by atoms with Crippen molar-refractivity contribution in [1.29, 1.82) is 0 Å². The average Bonchev–Trinajstić information content (AvgIpc) is 2.79. The molecule has 1 aliphatic rings. The maximum absolute atomic E-state index is 11.2. The summed E-state index contributed by atoms with van der Waals surface area (Å²) in [5.74, 6) is 1.50. The van der Waals surface area contributed by atoms with E-state index in [1.54, 1.807) is 12.1 Å². The van der Waals surface area contributed by atoms with Crippen molar-refractivity contribution >= 4 is 22.4 Å². The summed E-state index contributed by atoms with van der Waals surface area (Å²) in [6, 6.07) is 23.1. The van der Waals surface area contributed by atoms with Crippen LogP contribution in [0.5, 0.6) is 5.75 Å². The van der Waals surface area contributed by atoms with Gasteiger partial charge in [0.15, 0.2) is 11.5 Å². The average molecular weight is 414 g/mol. The summed E-state index contributed by atoms with van der Waals surface area (Å²) in [7, 11) is 0. The molecule has 1 saturated heterocycles. The number of anilines is 1. The third-order valence-corrected chi connectivity index (χ3v) is 5.99. The molecule has 6 nitrogen and oxygen atoms in total. The summed E-state index contributed by atoms with van der Waals surface area (Å²) in [5, 5.41) is 22.5. The Hall–Kier alpha value is -3.48. The van der Waals surface area contributed by atoms with Gasteiger partial charge in [-0.1, -0.05) is 36.4 Å². The first kappa shape index (κ1) is 19.5. The van der Waals surface area contributed by atoms with Crippen LogP contribution in [0.3, 0.4) is 0 Å². The zero-order valence-electron chi connectivity index (χ0n) is 17.4. The number of phenols is 1. The number of fused-ring (bicyclic) bond motifs is 1. The third-order valence-electron chi connectivity index (χ3n) is 5.99. The van der Waals surface area contributed by atoms with Crippen LogP contribution in [0.2, 0.25) is 0 Å². The first-order valence-corrected chi connectivity index (χ1v) is 10.5. The van der Waals surface area contributed by atoms with Gasteiger partial charge in [0.1, 0.15) is 24.7 Å². The molecule has 2 N–H and O–H groups in total. The van der Waals surface area contributed by atoms with Crippen LogP contribution in [-0.2, 0) is 0 Å². The smallest absolute Gasteiger partial charge is 0.165 e. The Morgan fingerprint density at radius 2 is 1.58 bits per heavy atom. The predicted octanol–water partition coefficient (Wildman–Crippen LogP) is 4.53. The van der Waals surface area contributed by atoms with Crippen molar-refractivity contribution in [1.82, 2.24) is 14.6 Å². The summed E-state index contributed by atoms with van der Waals surface area (Å²) in [6.45, 7) is 4.48. The van der Waals surface area contributed by atoms with Crippen molar-refractivity contribution in [3.05, 3.63) is 78.4 Å². The van der Waals surface area contributed by atoms with Crippen LogP contribution in [0.4, 0.5) is 11.5 Å². The SMILES string of the molecule is Cc1ccc2c(N3CC[N+](O)(c4ccccc4)CC3)nc(-c3ccccc3O)nc2c1. The highest BCUT2D eigenvalue weighted by Gasteiger charge is 2.35. The molecular weight excluding hydrogens is 388 g/mol. The minimum atomic E-state index is -0.0776. The lowest BCUT2D eigenvalue weighted by Crippen LogP contribution is -2.59. The molecule has 1 fully saturated rings. The van der Waals surface area contributed by atoms with Gasteiger partial charge in [0.05, 0.1) is 24.2 Å². The Kier molecular flexibility index (Phi) is 4.81. The highest BCUT2D eigenvalue weighted by molar-refractivity contribution is 5.92. The number of para-hydroxylation sites is 2. The second kappa shape index (κ2) is 7.65. The van der Waals surface area contributed by atoms with E-state index in [9.17, 15) is 10.3 Å². The summed E-state index contributed by atoms with van der Waals surface area (Å²) in [5.41, 5.74) is 3.48. The molecule has 31 heavy (non-hydrogen) atoms. The molecule has 1 aromatic heterocycles. The molecule has 2 heterocycles. The lowest BCUT2D eigenvalue weighted by molar-refractivity contribution is -0.0831. The maximum Gasteiger partial charge on any atom is 0.165 e. The van der Waals surface area contributed by atoms with Crippen LogP contribution < -0.4 is 9.55 Å². The van der Waals surface area contributed by atoms with Gasteiger partial charge in [0.2, 0.25) is 0 Å². The van der Waals surface area contributed by atoms with Crippen LogP contribution in [0.15, 0.2) is 72.8 Å². The molecular formula is C25H25N4O2+. The van der Waals surface area contributed by atoms with E-state index >= 15 is 0 Å². The van der Waals surface area contributed by atoms with Crippen molar-refractivity contribution < 1.29 is 10.3 Å². The first-order valence-electron chi connectivity index (χ1n) is 10.5. The van der Waals surface area contributed by atoms with E-state index in [1.165, 1.54) is 0 Å². The molecule has 0 unspecified atom stereocenters. The molecule has 0 amide bonds. The number of hydroxylamine groups is 2. The monoisotopic (exact) mass is 413 g/mol. The second-order valence-electron chi connectivity index (χ2n) is 8.10. The fourth-order valence-corrected chi connectivity index (χ4v) is 4.22. The molecule has 0 aliphatic carbocycles. The lowest BCUT2D eigenvalue weighted by Gasteiger charge is -2.39.